The number of aliphatic hydroxyl groups excluding tert-OH is 1. The van der Waals surface area contributed by atoms with Gasteiger partial charge in [-0.05, 0) is 64.8 Å². The number of nitrogens with zero attached hydrogens (tertiary/aromatic N) is 6. The second kappa shape index (κ2) is 11.8. The first-order valence-electron chi connectivity index (χ1n) is 13.1. The molecule has 0 radical (unpaired) electrons. The van der Waals surface area contributed by atoms with Crippen molar-refractivity contribution in [3.8, 4) is 5.75 Å². The summed E-state index contributed by atoms with van der Waals surface area (Å²) in [6, 6.07) is 4.77. The van der Waals surface area contributed by atoms with Crippen molar-refractivity contribution in [1.82, 2.24) is 29.6 Å². The highest BCUT2D eigenvalue weighted by atomic mass is 16.5. The first kappa shape index (κ1) is 26.1. The first-order valence-corrected chi connectivity index (χ1v) is 13.1. The lowest BCUT2D eigenvalue weighted by molar-refractivity contribution is 0.170. The van der Waals surface area contributed by atoms with Crippen LogP contribution in [0.15, 0.2) is 18.3 Å². The van der Waals surface area contributed by atoms with Crippen LogP contribution in [0.2, 0.25) is 0 Å². The molecule has 0 saturated carbocycles. The second-order valence-corrected chi connectivity index (χ2v) is 9.90. The zero-order valence-corrected chi connectivity index (χ0v) is 21.9. The van der Waals surface area contributed by atoms with Crippen molar-refractivity contribution < 1.29 is 9.84 Å². The number of likely N-dealkylation sites (tertiary alicyclic amines) is 1. The molecule has 0 bridgehead atoms. The molecule has 4 N–H and O–H groups in total. The van der Waals surface area contributed by atoms with Crippen LogP contribution in [0.1, 0.15) is 70.2 Å². The smallest absolute Gasteiger partial charge is 0.222 e. The first-order chi connectivity index (χ1) is 17.4. The molecule has 1 atom stereocenters. The van der Waals surface area contributed by atoms with E-state index in [-0.39, 0.29) is 18.6 Å². The molecular weight excluding hydrogens is 456 g/mol. The average molecular weight is 497 g/mol. The van der Waals surface area contributed by atoms with E-state index < -0.39 is 0 Å². The topological polar surface area (TPSA) is 127 Å². The molecule has 36 heavy (non-hydrogen) atoms. The number of pyridine rings is 1. The zero-order chi connectivity index (χ0) is 25.7. The number of anilines is 2. The quantitative estimate of drug-likeness (QED) is 0.366. The number of fused-ring (bicyclic) bond motifs is 1. The number of piperidine rings is 1. The molecule has 0 spiro atoms. The fourth-order valence-electron chi connectivity index (χ4n) is 5.11. The van der Waals surface area contributed by atoms with Gasteiger partial charge in [-0.2, -0.15) is 10.1 Å². The van der Waals surface area contributed by atoms with E-state index in [9.17, 15) is 5.11 Å². The van der Waals surface area contributed by atoms with Gasteiger partial charge >= 0.3 is 0 Å². The molecule has 10 heteroatoms. The van der Waals surface area contributed by atoms with E-state index >= 15 is 0 Å². The number of methoxy groups -OCH3 is 1. The van der Waals surface area contributed by atoms with E-state index in [4.69, 9.17) is 15.5 Å². The van der Waals surface area contributed by atoms with E-state index in [1.165, 1.54) is 0 Å². The molecule has 4 rings (SSSR count). The van der Waals surface area contributed by atoms with Crippen LogP contribution >= 0.6 is 0 Å². The summed E-state index contributed by atoms with van der Waals surface area (Å²) >= 11 is 0. The van der Waals surface area contributed by atoms with Crippen LogP contribution in [0, 0.1) is 0 Å². The fourth-order valence-corrected chi connectivity index (χ4v) is 5.11. The highest BCUT2D eigenvalue weighted by Gasteiger charge is 2.24. The van der Waals surface area contributed by atoms with E-state index in [2.05, 4.69) is 52.1 Å². The molecule has 196 valence electrons. The Balaban J connectivity index is 1.63. The molecule has 1 fully saturated rings. The number of nitrogens with one attached hydrogen (secondary N) is 1. The summed E-state index contributed by atoms with van der Waals surface area (Å²) in [5.74, 6) is 1.98. The van der Waals surface area contributed by atoms with Gasteiger partial charge in [-0.3, -0.25) is 9.67 Å². The van der Waals surface area contributed by atoms with Crippen molar-refractivity contribution >= 4 is 22.8 Å². The minimum absolute atomic E-state index is 0.0774. The lowest BCUT2D eigenvalue weighted by Gasteiger charge is -2.34. The van der Waals surface area contributed by atoms with Crippen molar-refractivity contribution in [2.45, 2.75) is 77.4 Å². The Bertz CT molecular complexity index is 1130. The SMILES string of the molecule is CCCC(CCO)Nc1nc(N)nc2cnn(Cc3nc(C4CCN(C(C)C)CC4)ccc3OC)c12. The number of aromatic nitrogens is 5. The molecule has 0 aromatic carbocycles. The predicted molar refractivity (Wildman–Crippen MR) is 142 cm³/mol. The zero-order valence-electron chi connectivity index (χ0n) is 21.9. The van der Waals surface area contributed by atoms with Gasteiger partial charge in [0.2, 0.25) is 5.95 Å². The van der Waals surface area contributed by atoms with Gasteiger partial charge < -0.3 is 25.8 Å². The minimum Gasteiger partial charge on any atom is -0.495 e. The summed E-state index contributed by atoms with van der Waals surface area (Å²) in [6.07, 6.45) is 6.44. The molecule has 4 heterocycles. The maximum Gasteiger partial charge on any atom is 0.222 e. The van der Waals surface area contributed by atoms with Crippen molar-refractivity contribution in [2.24, 2.45) is 0 Å². The maximum atomic E-state index is 9.51. The Kier molecular flexibility index (Phi) is 8.58. The molecule has 3 aromatic heterocycles. The van der Waals surface area contributed by atoms with Crippen molar-refractivity contribution in [3.05, 3.63) is 29.7 Å². The van der Waals surface area contributed by atoms with Gasteiger partial charge in [-0.25, -0.2) is 4.98 Å². The number of aliphatic hydroxyl groups is 1. The van der Waals surface area contributed by atoms with E-state index in [0.717, 1.165) is 61.4 Å². The highest BCUT2D eigenvalue weighted by Crippen LogP contribution is 2.31. The van der Waals surface area contributed by atoms with Crippen LogP contribution in [0.25, 0.3) is 11.0 Å². The highest BCUT2D eigenvalue weighted by molar-refractivity contribution is 5.86. The van der Waals surface area contributed by atoms with E-state index in [1.54, 1.807) is 13.3 Å². The standard InChI is InChI=1S/C26H40N8O2/c1-5-6-19(11-14-35)29-25-24-21(31-26(27)32-25)15-28-34(24)16-22-23(36-4)8-7-20(30-22)18-9-12-33(13-10-18)17(2)3/h7-8,15,17-19,35H,5-6,9-14,16H2,1-4H3,(H3,27,29,31,32). The molecular formula is C26H40N8O2. The molecule has 1 aliphatic heterocycles. The van der Waals surface area contributed by atoms with Crippen LogP contribution < -0.4 is 15.8 Å². The summed E-state index contributed by atoms with van der Waals surface area (Å²) in [5.41, 5.74) is 9.37. The van der Waals surface area contributed by atoms with E-state index in [1.807, 2.05) is 10.7 Å². The number of rotatable bonds is 11. The molecule has 1 unspecified atom stereocenters. The van der Waals surface area contributed by atoms with Crippen LogP contribution in [-0.2, 0) is 6.54 Å². The number of hydrogen-bond donors (Lipinski definition) is 3. The van der Waals surface area contributed by atoms with E-state index in [0.29, 0.717) is 36.3 Å². The molecule has 0 amide bonds. The Morgan fingerprint density at radius 2 is 1.94 bits per heavy atom. The van der Waals surface area contributed by atoms with Gasteiger partial charge in [0.25, 0.3) is 0 Å². The largest absolute Gasteiger partial charge is 0.495 e. The molecule has 10 nitrogen and oxygen atoms in total. The lowest BCUT2D eigenvalue weighted by Crippen LogP contribution is -2.38. The Morgan fingerprint density at radius 3 is 2.61 bits per heavy atom. The third-order valence-electron chi connectivity index (χ3n) is 7.11. The molecule has 3 aromatic rings. The third kappa shape index (κ3) is 5.87. The molecule has 0 aliphatic carbocycles. The number of hydrogen-bond acceptors (Lipinski definition) is 9. The van der Waals surface area contributed by atoms with Crippen LogP contribution in [0.5, 0.6) is 5.75 Å². The Morgan fingerprint density at radius 1 is 1.17 bits per heavy atom. The summed E-state index contributed by atoms with van der Waals surface area (Å²) < 4.78 is 7.52. The second-order valence-electron chi connectivity index (χ2n) is 9.90. The fraction of sp³-hybridized carbons (Fsp3) is 0.615. The summed E-state index contributed by atoms with van der Waals surface area (Å²) in [5, 5.41) is 17.6. The predicted octanol–water partition coefficient (Wildman–Crippen LogP) is 3.41. The number of ether oxygens (including phenoxy) is 1. The van der Waals surface area contributed by atoms with Gasteiger partial charge in [-0.1, -0.05) is 13.3 Å². The van der Waals surface area contributed by atoms with Crippen LogP contribution in [-0.4, -0.2) is 73.6 Å². The van der Waals surface area contributed by atoms with Crippen molar-refractivity contribution in [1.29, 1.82) is 0 Å². The van der Waals surface area contributed by atoms with Gasteiger partial charge in [0.05, 0.1) is 19.9 Å². The van der Waals surface area contributed by atoms with Gasteiger partial charge in [0.15, 0.2) is 5.82 Å². The Labute approximate surface area is 213 Å². The number of nitrogen functional groups attached to an aromatic ring is 1. The van der Waals surface area contributed by atoms with Crippen LogP contribution in [0.3, 0.4) is 0 Å². The molecule has 1 saturated heterocycles. The average Bonchev–Trinajstić information content (AvgIpc) is 3.26. The Hall–Kier alpha value is -2.98. The third-order valence-corrected chi connectivity index (χ3v) is 7.11. The minimum atomic E-state index is 0.0774. The molecule has 1 aliphatic rings. The van der Waals surface area contributed by atoms with Crippen LogP contribution in [0.4, 0.5) is 11.8 Å². The maximum absolute atomic E-state index is 9.51. The lowest BCUT2D eigenvalue weighted by atomic mass is 9.92. The summed E-state index contributed by atoms with van der Waals surface area (Å²) in [6.45, 7) is 9.35. The summed E-state index contributed by atoms with van der Waals surface area (Å²) in [4.78, 5) is 16.5. The van der Waals surface area contributed by atoms with Crippen molar-refractivity contribution in [3.63, 3.8) is 0 Å². The monoisotopic (exact) mass is 496 g/mol. The van der Waals surface area contributed by atoms with Gasteiger partial charge in [0.1, 0.15) is 22.5 Å². The summed E-state index contributed by atoms with van der Waals surface area (Å²) in [7, 11) is 1.67. The van der Waals surface area contributed by atoms with Crippen molar-refractivity contribution in [2.75, 3.05) is 37.9 Å². The number of nitrogens with two attached hydrogens (primary N) is 1. The van der Waals surface area contributed by atoms with Gasteiger partial charge in [-0.15, -0.1) is 0 Å². The van der Waals surface area contributed by atoms with Gasteiger partial charge in [0, 0.05) is 30.3 Å². The normalized spacial score (nSPS) is 16.1.